The third-order valence-electron chi connectivity index (χ3n) is 6.74. The first kappa shape index (κ1) is 24.7. The molecule has 0 radical (unpaired) electrons. The normalized spacial score (nSPS) is 18.0. The topological polar surface area (TPSA) is 114 Å². The SMILES string of the molecule is O=C(O)CCC(NC(=O)OCC1c2ccccc2-c2ccccc21)C(=O)NCC1CCCOCC1. The number of benzene rings is 2. The molecule has 2 amide bonds. The minimum Gasteiger partial charge on any atom is -0.481 e. The highest BCUT2D eigenvalue weighted by Gasteiger charge is 2.30. The summed E-state index contributed by atoms with van der Waals surface area (Å²) in [6.45, 7) is 1.99. The van der Waals surface area contributed by atoms with Gasteiger partial charge in [-0.05, 0) is 53.9 Å². The number of alkyl carbamates (subject to hydrolysis) is 1. The second-order valence-electron chi connectivity index (χ2n) is 9.11. The Morgan fingerprint density at radius 2 is 1.69 bits per heavy atom. The Morgan fingerprint density at radius 3 is 2.37 bits per heavy atom. The molecule has 0 saturated carbocycles. The van der Waals surface area contributed by atoms with Crippen molar-refractivity contribution in [2.45, 2.75) is 44.1 Å². The van der Waals surface area contributed by atoms with Crippen molar-refractivity contribution < 1.29 is 29.0 Å². The average Bonchev–Trinajstić information content (AvgIpc) is 2.98. The molecule has 0 bridgehead atoms. The van der Waals surface area contributed by atoms with Gasteiger partial charge in [-0.25, -0.2) is 4.79 Å². The Labute approximate surface area is 205 Å². The molecule has 35 heavy (non-hydrogen) atoms. The van der Waals surface area contributed by atoms with Crippen LogP contribution in [0.1, 0.15) is 49.1 Å². The van der Waals surface area contributed by atoms with Gasteiger partial charge >= 0.3 is 12.1 Å². The molecular formula is C27H32N2O6. The lowest BCUT2D eigenvalue weighted by atomic mass is 9.98. The van der Waals surface area contributed by atoms with Gasteiger partial charge in [0.1, 0.15) is 12.6 Å². The second kappa shape index (κ2) is 11.8. The molecule has 3 N–H and O–H groups in total. The summed E-state index contributed by atoms with van der Waals surface area (Å²) >= 11 is 0. The van der Waals surface area contributed by atoms with Gasteiger partial charge in [-0.2, -0.15) is 0 Å². The Hall–Kier alpha value is -3.39. The van der Waals surface area contributed by atoms with Crippen LogP contribution in [0.5, 0.6) is 0 Å². The van der Waals surface area contributed by atoms with Crippen molar-refractivity contribution in [1.82, 2.24) is 10.6 Å². The highest BCUT2D eigenvalue weighted by atomic mass is 16.5. The number of aliphatic carboxylic acids is 1. The molecule has 2 aliphatic rings. The highest BCUT2D eigenvalue weighted by Crippen LogP contribution is 2.44. The maximum absolute atomic E-state index is 12.8. The van der Waals surface area contributed by atoms with Crippen molar-refractivity contribution in [1.29, 1.82) is 0 Å². The summed E-state index contributed by atoms with van der Waals surface area (Å²) in [6.07, 6.45) is 1.78. The summed E-state index contributed by atoms with van der Waals surface area (Å²) in [5, 5.41) is 14.5. The summed E-state index contributed by atoms with van der Waals surface area (Å²) in [5.74, 6) is -1.23. The van der Waals surface area contributed by atoms with Gasteiger partial charge in [0.05, 0.1) is 0 Å². The molecule has 2 aromatic rings. The number of fused-ring (bicyclic) bond motifs is 3. The van der Waals surface area contributed by atoms with Gasteiger partial charge in [-0.15, -0.1) is 0 Å². The number of rotatable bonds is 9. The largest absolute Gasteiger partial charge is 0.481 e. The lowest BCUT2D eigenvalue weighted by Gasteiger charge is -2.21. The van der Waals surface area contributed by atoms with E-state index in [0.29, 0.717) is 19.1 Å². The maximum atomic E-state index is 12.8. The number of hydrogen-bond acceptors (Lipinski definition) is 5. The fraction of sp³-hybridized carbons (Fsp3) is 0.444. The minimum atomic E-state index is -1.03. The first-order valence-electron chi connectivity index (χ1n) is 12.2. The first-order valence-corrected chi connectivity index (χ1v) is 12.2. The summed E-state index contributed by atoms with van der Waals surface area (Å²) in [7, 11) is 0. The maximum Gasteiger partial charge on any atom is 0.407 e. The van der Waals surface area contributed by atoms with Crippen LogP contribution < -0.4 is 10.6 Å². The van der Waals surface area contributed by atoms with Crippen LogP contribution in [0.3, 0.4) is 0 Å². The van der Waals surface area contributed by atoms with Crippen LogP contribution in [-0.2, 0) is 19.1 Å². The number of ether oxygens (including phenoxy) is 2. The van der Waals surface area contributed by atoms with Gasteiger partial charge in [0, 0.05) is 32.1 Å². The van der Waals surface area contributed by atoms with Gasteiger partial charge in [0.15, 0.2) is 0 Å². The van der Waals surface area contributed by atoms with Gasteiger partial charge < -0.3 is 25.2 Å². The quantitative estimate of drug-likeness (QED) is 0.504. The van der Waals surface area contributed by atoms with Crippen molar-refractivity contribution in [2.24, 2.45) is 5.92 Å². The van der Waals surface area contributed by atoms with Crippen LogP contribution in [0.15, 0.2) is 48.5 Å². The lowest BCUT2D eigenvalue weighted by molar-refractivity contribution is -0.137. The van der Waals surface area contributed by atoms with E-state index in [9.17, 15) is 14.4 Å². The van der Waals surface area contributed by atoms with E-state index < -0.39 is 24.0 Å². The van der Waals surface area contributed by atoms with Crippen LogP contribution in [-0.4, -0.2) is 55.5 Å². The van der Waals surface area contributed by atoms with Crippen molar-refractivity contribution in [3.8, 4) is 11.1 Å². The molecule has 186 valence electrons. The average molecular weight is 481 g/mol. The zero-order valence-corrected chi connectivity index (χ0v) is 19.7. The number of nitrogens with one attached hydrogen (secondary N) is 2. The molecule has 0 aromatic heterocycles. The molecular weight excluding hydrogens is 448 g/mol. The number of carbonyl (C=O) groups is 3. The smallest absolute Gasteiger partial charge is 0.407 e. The minimum absolute atomic E-state index is 0.0147. The number of amides is 2. The summed E-state index contributed by atoms with van der Waals surface area (Å²) < 4.78 is 11.0. The lowest BCUT2D eigenvalue weighted by Crippen LogP contribution is -2.48. The predicted octanol–water partition coefficient (Wildman–Crippen LogP) is 3.69. The predicted molar refractivity (Wildman–Crippen MR) is 130 cm³/mol. The van der Waals surface area contributed by atoms with Crippen LogP contribution >= 0.6 is 0 Å². The Bertz CT molecular complexity index is 1000. The molecule has 2 aromatic carbocycles. The standard InChI is InChI=1S/C27H32N2O6/c30-25(31)12-11-24(26(32)28-16-18-6-5-14-34-15-13-18)29-27(33)35-17-23-21-9-3-1-7-19(21)20-8-2-4-10-22(20)23/h1-4,7-10,18,23-24H,5-6,11-17H2,(H,28,32)(H,29,33)(H,30,31). The van der Waals surface area contributed by atoms with Crippen LogP contribution in [0.2, 0.25) is 0 Å². The van der Waals surface area contributed by atoms with E-state index in [4.69, 9.17) is 14.6 Å². The van der Waals surface area contributed by atoms with Crippen LogP contribution in [0, 0.1) is 5.92 Å². The summed E-state index contributed by atoms with van der Waals surface area (Å²) in [4.78, 5) is 36.6. The first-order chi connectivity index (χ1) is 17.0. The van der Waals surface area contributed by atoms with Crippen molar-refractivity contribution >= 4 is 18.0 Å². The van der Waals surface area contributed by atoms with Gasteiger partial charge in [0.25, 0.3) is 0 Å². The van der Waals surface area contributed by atoms with Crippen LogP contribution in [0.25, 0.3) is 11.1 Å². The highest BCUT2D eigenvalue weighted by molar-refractivity contribution is 5.86. The number of carboxylic acids is 1. The Morgan fingerprint density at radius 1 is 1.00 bits per heavy atom. The number of hydrogen-bond donors (Lipinski definition) is 3. The van der Waals surface area contributed by atoms with E-state index >= 15 is 0 Å². The van der Waals surface area contributed by atoms with E-state index in [1.54, 1.807) is 0 Å². The molecule has 8 heteroatoms. The third-order valence-corrected chi connectivity index (χ3v) is 6.74. The fourth-order valence-corrected chi connectivity index (χ4v) is 4.86. The van der Waals surface area contributed by atoms with Crippen molar-refractivity contribution in [2.75, 3.05) is 26.4 Å². The van der Waals surface area contributed by atoms with E-state index in [2.05, 4.69) is 22.8 Å². The number of carbonyl (C=O) groups excluding carboxylic acids is 2. The van der Waals surface area contributed by atoms with Gasteiger partial charge in [0.2, 0.25) is 5.91 Å². The monoisotopic (exact) mass is 480 g/mol. The third kappa shape index (κ3) is 6.39. The van der Waals surface area contributed by atoms with Gasteiger partial charge in [-0.1, -0.05) is 48.5 Å². The molecule has 1 aliphatic carbocycles. The fourth-order valence-electron chi connectivity index (χ4n) is 4.86. The Balaban J connectivity index is 1.35. The molecule has 1 fully saturated rings. The van der Waals surface area contributed by atoms with E-state index in [1.165, 1.54) is 0 Å². The molecule has 1 aliphatic heterocycles. The summed E-state index contributed by atoms with van der Waals surface area (Å²) in [5.41, 5.74) is 4.43. The summed E-state index contributed by atoms with van der Waals surface area (Å²) in [6, 6.07) is 15.1. The zero-order chi connectivity index (χ0) is 24.6. The van der Waals surface area contributed by atoms with Crippen LogP contribution in [0.4, 0.5) is 4.79 Å². The van der Waals surface area contributed by atoms with E-state index in [0.717, 1.165) is 48.1 Å². The molecule has 8 nitrogen and oxygen atoms in total. The molecule has 1 heterocycles. The van der Waals surface area contributed by atoms with Crippen molar-refractivity contribution in [3.05, 3.63) is 59.7 Å². The molecule has 2 atom stereocenters. The number of carboxylic acid groups (broad SMARTS) is 1. The second-order valence-corrected chi connectivity index (χ2v) is 9.11. The molecule has 1 saturated heterocycles. The van der Waals surface area contributed by atoms with Gasteiger partial charge in [-0.3, -0.25) is 9.59 Å². The van der Waals surface area contributed by atoms with E-state index in [1.807, 2.05) is 36.4 Å². The molecule has 2 unspecified atom stereocenters. The Kier molecular flexibility index (Phi) is 8.36. The molecule has 0 spiro atoms. The van der Waals surface area contributed by atoms with Crippen molar-refractivity contribution in [3.63, 3.8) is 0 Å². The zero-order valence-electron chi connectivity index (χ0n) is 19.7. The molecule has 4 rings (SSSR count). The van der Waals surface area contributed by atoms with E-state index in [-0.39, 0.29) is 25.4 Å².